The number of benzene rings is 1. The van der Waals surface area contributed by atoms with Crippen molar-refractivity contribution in [3.63, 3.8) is 0 Å². The number of carbonyl (C=O) groups is 1. The summed E-state index contributed by atoms with van der Waals surface area (Å²) in [5, 5.41) is 14.5. The second-order valence-corrected chi connectivity index (χ2v) is 5.28. The molecule has 0 fully saturated rings. The summed E-state index contributed by atoms with van der Waals surface area (Å²) in [6.07, 6.45) is 1.30. The Bertz CT molecular complexity index is 638. The van der Waals surface area contributed by atoms with Gasteiger partial charge in [-0.05, 0) is 24.6 Å². The SMILES string of the molecule is CCCC(C(=O)Nc1ccc2ncsc2c1)/C(N)=N/O. The Hall–Kier alpha value is -2.15. The number of carbonyl (C=O) groups excluding carboxylic acids is 1. The quantitative estimate of drug-likeness (QED) is 0.341. The first kappa shape index (κ1) is 14.3. The standard InChI is InChI=1S/C13H16N4O2S/c1-2-3-9(12(14)17-19)13(18)16-8-4-5-10-11(6-8)20-7-15-10/h4-7,9,19H,2-3H2,1H3,(H2,14,17)(H,16,18). The predicted octanol–water partition coefficient (Wildman–Crippen LogP) is 2.40. The third kappa shape index (κ3) is 3.05. The largest absolute Gasteiger partial charge is 0.409 e. The summed E-state index contributed by atoms with van der Waals surface area (Å²) in [6, 6.07) is 5.50. The summed E-state index contributed by atoms with van der Waals surface area (Å²) in [5.74, 6) is -0.962. The Balaban J connectivity index is 2.16. The van der Waals surface area contributed by atoms with E-state index in [-0.39, 0.29) is 11.7 Å². The second-order valence-electron chi connectivity index (χ2n) is 4.39. The Morgan fingerprint density at radius 2 is 2.40 bits per heavy atom. The summed E-state index contributed by atoms with van der Waals surface area (Å²) >= 11 is 1.51. The van der Waals surface area contributed by atoms with Gasteiger partial charge in [-0.15, -0.1) is 11.3 Å². The highest BCUT2D eigenvalue weighted by molar-refractivity contribution is 7.16. The van der Waals surface area contributed by atoms with Crippen molar-refractivity contribution in [2.24, 2.45) is 16.8 Å². The molecule has 1 aromatic heterocycles. The molecule has 0 aliphatic heterocycles. The zero-order chi connectivity index (χ0) is 14.5. The number of nitrogens with one attached hydrogen (secondary N) is 1. The molecule has 1 heterocycles. The molecule has 0 spiro atoms. The van der Waals surface area contributed by atoms with Crippen LogP contribution in [0.1, 0.15) is 19.8 Å². The molecule has 0 bridgehead atoms. The lowest BCUT2D eigenvalue weighted by atomic mass is 10.0. The number of fused-ring (bicyclic) bond motifs is 1. The van der Waals surface area contributed by atoms with Crippen molar-refractivity contribution in [3.05, 3.63) is 23.7 Å². The number of amides is 1. The molecule has 0 aliphatic rings. The van der Waals surface area contributed by atoms with Gasteiger partial charge < -0.3 is 16.3 Å². The number of thiazole rings is 1. The van der Waals surface area contributed by atoms with Gasteiger partial charge in [-0.25, -0.2) is 4.98 Å². The molecule has 0 aliphatic carbocycles. The van der Waals surface area contributed by atoms with Crippen molar-refractivity contribution >= 4 is 39.0 Å². The molecule has 1 atom stereocenters. The van der Waals surface area contributed by atoms with Gasteiger partial charge in [0, 0.05) is 5.69 Å². The van der Waals surface area contributed by atoms with Crippen LogP contribution in [0.5, 0.6) is 0 Å². The molecule has 0 saturated heterocycles. The fourth-order valence-electron chi connectivity index (χ4n) is 1.93. The number of nitrogens with zero attached hydrogens (tertiary/aromatic N) is 2. The number of aromatic nitrogens is 1. The van der Waals surface area contributed by atoms with Gasteiger partial charge >= 0.3 is 0 Å². The van der Waals surface area contributed by atoms with E-state index in [0.29, 0.717) is 12.1 Å². The van der Waals surface area contributed by atoms with E-state index >= 15 is 0 Å². The van der Waals surface area contributed by atoms with Crippen molar-refractivity contribution < 1.29 is 10.0 Å². The number of amidine groups is 1. The van der Waals surface area contributed by atoms with E-state index in [0.717, 1.165) is 16.6 Å². The zero-order valence-corrected chi connectivity index (χ0v) is 11.9. The van der Waals surface area contributed by atoms with Crippen LogP contribution in [0.15, 0.2) is 28.9 Å². The number of hydrogen-bond donors (Lipinski definition) is 3. The summed E-state index contributed by atoms with van der Waals surface area (Å²) < 4.78 is 0.999. The van der Waals surface area contributed by atoms with Crippen molar-refractivity contribution in [3.8, 4) is 0 Å². The van der Waals surface area contributed by atoms with Crippen LogP contribution in [0.25, 0.3) is 10.2 Å². The monoisotopic (exact) mass is 292 g/mol. The van der Waals surface area contributed by atoms with Crippen LogP contribution in [-0.2, 0) is 4.79 Å². The van der Waals surface area contributed by atoms with E-state index < -0.39 is 5.92 Å². The predicted molar refractivity (Wildman–Crippen MR) is 80.1 cm³/mol. The first-order chi connectivity index (χ1) is 9.65. The molecule has 2 aromatic rings. The van der Waals surface area contributed by atoms with Gasteiger partial charge in [0.05, 0.1) is 21.6 Å². The van der Waals surface area contributed by atoms with Gasteiger partial charge in [-0.3, -0.25) is 4.79 Å². The van der Waals surface area contributed by atoms with E-state index in [9.17, 15) is 4.79 Å². The van der Waals surface area contributed by atoms with Crippen LogP contribution >= 0.6 is 11.3 Å². The molecular weight excluding hydrogens is 276 g/mol. The normalized spacial score (nSPS) is 13.3. The van der Waals surface area contributed by atoms with Gasteiger partial charge in [-0.2, -0.15) is 0 Å². The van der Waals surface area contributed by atoms with Crippen LogP contribution in [0.3, 0.4) is 0 Å². The highest BCUT2D eigenvalue weighted by atomic mass is 32.1. The number of anilines is 1. The molecular formula is C13H16N4O2S. The van der Waals surface area contributed by atoms with Crippen LogP contribution in [-0.4, -0.2) is 21.9 Å². The van der Waals surface area contributed by atoms with Crippen molar-refractivity contribution in [1.29, 1.82) is 0 Å². The fourth-order valence-corrected chi connectivity index (χ4v) is 2.65. The van der Waals surface area contributed by atoms with Gasteiger partial charge in [0.25, 0.3) is 0 Å². The van der Waals surface area contributed by atoms with E-state index in [1.54, 1.807) is 11.6 Å². The lowest BCUT2D eigenvalue weighted by Gasteiger charge is -2.14. The fraction of sp³-hybridized carbons (Fsp3) is 0.308. The summed E-state index contributed by atoms with van der Waals surface area (Å²) in [5.41, 5.74) is 8.90. The summed E-state index contributed by atoms with van der Waals surface area (Å²) in [4.78, 5) is 16.4. The third-order valence-electron chi connectivity index (χ3n) is 2.97. The Kier molecular flexibility index (Phi) is 4.52. The molecule has 106 valence electrons. The van der Waals surface area contributed by atoms with Crippen molar-refractivity contribution in [2.75, 3.05) is 5.32 Å². The van der Waals surface area contributed by atoms with Gasteiger partial charge in [-0.1, -0.05) is 18.5 Å². The first-order valence-electron chi connectivity index (χ1n) is 6.27. The molecule has 0 saturated carbocycles. The summed E-state index contributed by atoms with van der Waals surface area (Å²) in [6.45, 7) is 1.94. The van der Waals surface area contributed by atoms with E-state index in [4.69, 9.17) is 10.9 Å². The third-order valence-corrected chi connectivity index (χ3v) is 3.76. The Morgan fingerprint density at radius 3 is 3.10 bits per heavy atom. The van der Waals surface area contributed by atoms with Crippen LogP contribution in [0.4, 0.5) is 5.69 Å². The summed E-state index contributed by atoms with van der Waals surface area (Å²) in [7, 11) is 0. The molecule has 2 rings (SSSR count). The number of hydrogen-bond acceptors (Lipinski definition) is 5. The zero-order valence-electron chi connectivity index (χ0n) is 11.0. The Morgan fingerprint density at radius 1 is 1.60 bits per heavy atom. The highest BCUT2D eigenvalue weighted by Gasteiger charge is 2.22. The van der Waals surface area contributed by atoms with Crippen LogP contribution in [0.2, 0.25) is 0 Å². The number of nitrogens with two attached hydrogens (primary N) is 1. The molecule has 4 N–H and O–H groups in total. The minimum absolute atomic E-state index is 0.0665. The molecule has 1 aromatic carbocycles. The average Bonchev–Trinajstić information content (AvgIpc) is 2.91. The molecule has 7 heteroatoms. The minimum Gasteiger partial charge on any atom is -0.409 e. The van der Waals surface area contributed by atoms with E-state index in [2.05, 4.69) is 15.5 Å². The van der Waals surface area contributed by atoms with Crippen molar-refractivity contribution in [2.45, 2.75) is 19.8 Å². The van der Waals surface area contributed by atoms with E-state index in [1.807, 2.05) is 19.1 Å². The molecule has 0 radical (unpaired) electrons. The lowest BCUT2D eigenvalue weighted by molar-refractivity contribution is -0.118. The number of rotatable bonds is 5. The molecule has 6 nitrogen and oxygen atoms in total. The maximum atomic E-state index is 12.2. The Labute approximate surface area is 120 Å². The number of oxime groups is 1. The van der Waals surface area contributed by atoms with Gasteiger partial charge in [0.1, 0.15) is 0 Å². The van der Waals surface area contributed by atoms with Crippen molar-refractivity contribution in [1.82, 2.24) is 4.98 Å². The lowest BCUT2D eigenvalue weighted by Crippen LogP contribution is -2.34. The molecule has 1 amide bonds. The second kappa shape index (κ2) is 6.33. The molecule has 20 heavy (non-hydrogen) atoms. The smallest absolute Gasteiger partial charge is 0.235 e. The topological polar surface area (TPSA) is 101 Å². The highest BCUT2D eigenvalue weighted by Crippen LogP contribution is 2.22. The van der Waals surface area contributed by atoms with Gasteiger partial charge in [0.15, 0.2) is 5.84 Å². The van der Waals surface area contributed by atoms with Crippen LogP contribution in [0, 0.1) is 5.92 Å². The average molecular weight is 292 g/mol. The molecule has 1 unspecified atom stereocenters. The van der Waals surface area contributed by atoms with Crippen LogP contribution < -0.4 is 11.1 Å². The van der Waals surface area contributed by atoms with Gasteiger partial charge in [0.2, 0.25) is 5.91 Å². The maximum absolute atomic E-state index is 12.2. The maximum Gasteiger partial charge on any atom is 0.235 e. The first-order valence-corrected chi connectivity index (χ1v) is 7.15. The van der Waals surface area contributed by atoms with E-state index in [1.165, 1.54) is 11.3 Å². The minimum atomic E-state index is -0.623.